The molecule has 3 aromatic rings. The molecule has 1 aliphatic heterocycles. The van der Waals surface area contributed by atoms with E-state index in [1.807, 2.05) is 36.4 Å². The number of carbonyl (C=O) groups excluding carboxylic acids is 1. The van der Waals surface area contributed by atoms with Gasteiger partial charge in [-0.3, -0.25) is 4.90 Å². The number of rotatable bonds is 2. The third-order valence-corrected chi connectivity index (χ3v) is 5.05. The fraction of sp³-hybridized carbons (Fsp3) is 0.0952. The summed E-state index contributed by atoms with van der Waals surface area (Å²) in [5.74, 6) is 0.0980. The Balaban J connectivity index is 1.65. The van der Waals surface area contributed by atoms with Crippen molar-refractivity contribution in [1.29, 1.82) is 0 Å². The Morgan fingerprint density at radius 1 is 0.923 bits per heavy atom. The van der Waals surface area contributed by atoms with Crippen LogP contribution >= 0.6 is 23.2 Å². The van der Waals surface area contributed by atoms with Crippen LogP contribution in [-0.2, 0) is 0 Å². The second-order valence-corrected chi connectivity index (χ2v) is 7.09. The molecule has 4 rings (SSSR count). The van der Waals surface area contributed by atoms with Gasteiger partial charge in [0.15, 0.2) is 0 Å². The number of amides is 2. The van der Waals surface area contributed by atoms with Crippen LogP contribution in [0.1, 0.15) is 17.0 Å². The summed E-state index contributed by atoms with van der Waals surface area (Å²) < 4.78 is 0. The summed E-state index contributed by atoms with van der Waals surface area (Å²) in [6.45, 7) is 0.569. The Hall–Kier alpha value is -2.49. The summed E-state index contributed by atoms with van der Waals surface area (Å²) in [6, 6.07) is 22.7. The van der Waals surface area contributed by atoms with Gasteiger partial charge >= 0.3 is 6.03 Å². The third kappa shape index (κ3) is 3.28. The van der Waals surface area contributed by atoms with Gasteiger partial charge < -0.3 is 5.32 Å². The molecule has 0 bridgehead atoms. The quantitative estimate of drug-likeness (QED) is 0.563. The van der Waals surface area contributed by atoms with E-state index in [9.17, 15) is 4.79 Å². The molecule has 3 aromatic carbocycles. The molecule has 1 N–H and O–H groups in total. The molecule has 26 heavy (non-hydrogen) atoms. The number of halogens is 2. The van der Waals surface area contributed by atoms with Crippen LogP contribution < -0.4 is 10.2 Å². The summed E-state index contributed by atoms with van der Waals surface area (Å²) in [5.41, 5.74) is 3.82. The first kappa shape index (κ1) is 17.0. The van der Waals surface area contributed by atoms with Crippen LogP contribution in [-0.4, -0.2) is 12.6 Å². The minimum Gasteiger partial charge on any atom is -0.308 e. The SMILES string of the molecule is O=C(Nc1ccc(Cl)cc1)N1C[C@H](c2ccccc2)c2cc(Cl)ccc21. The van der Waals surface area contributed by atoms with Gasteiger partial charge in [-0.15, -0.1) is 0 Å². The average Bonchev–Trinajstić information content (AvgIpc) is 3.03. The second-order valence-electron chi connectivity index (χ2n) is 6.21. The van der Waals surface area contributed by atoms with E-state index >= 15 is 0 Å². The molecule has 0 fully saturated rings. The van der Waals surface area contributed by atoms with Crippen molar-refractivity contribution in [1.82, 2.24) is 0 Å². The number of anilines is 2. The number of nitrogens with one attached hydrogen (secondary N) is 1. The monoisotopic (exact) mass is 382 g/mol. The lowest BCUT2D eigenvalue weighted by Gasteiger charge is -2.19. The smallest absolute Gasteiger partial charge is 0.308 e. The average molecular weight is 383 g/mol. The highest BCUT2D eigenvalue weighted by atomic mass is 35.5. The molecule has 0 saturated heterocycles. The summed E-state index contributed by atoms with van der Waals surface area (Å²) in [5, 5.41) is 4.24. The summed E-state index contributed by atoms with van der Waals surface area (Å²) in [6.07, 6.45) is 0. The van der Waals surface area contributed by atoms with Gasteiger partial charge in [-0.25, -0.2) is 4.79 Å². The molecule has 0 spiro atoms. The molecular formula is C21H16Cl2N2O. The number of fused-ring (bicyclic) bond motifs is 1. The van der Waals surface area contributed by atoms with E-state index in [-0.39, 0.29) is 11.9 Å². The number of hydrogen-bond donors (Lipinski definition) is 1. The zero-order valence-electron chi connectivity index (χ0n) is 13.8. The van der Waals surface area contributed by atoms with Gasteiger partial charge in [-0.05, 0) is 53.6 Å². The normalized spacial score (nSPS) is 15.6. The van der Waals surface area contributed by atoms with Crippen molar-refractivity contribution in [3.05, 3.63) is 94.0 Å². The van der Waals surface area contributed by atoms with Gasteiger partial charge in [0.05, 0.1) is 0 Å². The van der Waals surface area contributed by atoms with Crippen molar-refractivity contribution >= 4 is 40.6 Å². The molecule has 0 aliphatic carbocycles. The molecule has 1 aliphatic rings. The highest BCUT2D eigenvalue weighted by molar-refractivity contribution is 6.31. The van der Waals surface area contributed by atoms with E-state index in [0.717, 1.165) is 16.8 Å². The summed E-state index contributed by atoms with van der Waals surface area (Å²) in [4.78, 5) is 14.6. The predicted molar refractivity (Wildman–Crippen MR) is 108 cm³/mol. The number of urea groups is 1. The number of benzene rings is 3. The molecule has 1 heterocycles. The number of carbonyl (C=O) groups is 1. The Morgan fingerprint density at radius 2 is 1.62 bits per heavy atom. The standard InChI is InChI=1S/C21H16Cl2N2O/c22-15-6-9-17(10-7-15)24-21(26)25-13-19(14-4-2-1-3-5-14)18-12-16(23)8-11-20(18)25/h1-12,19H,13H2,(H,24,26)/t19-/m1/s1. The first-order valence-electron chi connectivity index (χ1n) is 8.30. The predicted octanol–water partition coefficient (Wildman–Crippen LogP) is 6.18. The van der Waals surface area contributed by atoms with E-state index in [2.05, 4.69) is 17.4 Å². The minimum absolute atomic E-state index is 0.0980. The zero-order chi connectivity index (χ0) is 18.1. The van der Waals surface area contributed by atoms with E-state index < -0.39 is 0 Å². The molecule has 1 atom stereocenters. The molecule has 2 amide bonds. The van der Waals surface area contributed by atoms with Crippen LogP contribution in [0, 0.1) is 0 Å². The topological polar surface area (TPSA) is 32.3 Å². The van der Waals surface area contributed by atoms with Gasteiger partial charge in [0.2, 0.25) is 0 Å². The molecule has 0 aromatic heterocycles. The van der Waals surface area contributed by atoms with Gasteiger partial charge in [-0.2, -0.15) is 0 Å². The Kier molecular flexibility index (Phi) is 4.58. The van der Waals surface area contributed by atoms with Crippen LogP contribution in [0.15, 0.2) is 72.8 Å². The van der Waals surface area contributed by atoms with Crippen molar-refractivity contribution in [2.24, 2.45) is 0 Å². The largest absolute Gasteiger partial charge is 0.326 e. The Bertz CT molecular complexity index is 942. The maximum Gasteiger partial charge on any atom is 0.326 e. The van der Waals surface area contributed by atoms with Gasteiger partial charge in [0.1, 0.15) is 0 Å². The Morgan fingerprint density at radius 3 is 2.35 bits per heavy atom. The van der Waals surface area contributed by atoms with E-state index in [1.54, 1.807) is 29.2 Å². The van der Waals surface area contributed by atoms with Crippen LogP contribution in [0.5, 0.6) is 0 Å². The van der Waals surface area contributed by atoms with E-state index in [0.29, 0.717) is 22.3 Å². The van der Waals surface area contributed by atoms with Crippen LogP contribution in [0.2, 0.25) is 10.0 Å². The molecule has 130 valence electrons. The lowest BCUT2D eigenvalue weighted by atomic mass is 9.93. The maximum atomic E-state index is 12.9. The lowest BCUT2D eigenvalue weighted by Crippen LogP contribution is -2.34. The Labute approximate surface area is 162 Å². The van der Waals surface area contributed by atoms with Gasteiger partial charge in [-0.1, -0.05) is 53.5 Å². The summed E-state index contributed by atoms with van der Waals surface area (Å²) >= 11 is 12.1. The van der Waals surface area contributed by atoms with E-state index in [4.69, 9.17) is 23.2 Å². The lowest BCUT2D eigenvalue weighted by molar-refractivity contribution is 0.257. The van der Waals surface area contributed by atoms with Crippen molar-refractivity contribution in [3.63, 3.8) is 0 Å². The van der Waals surface area contributed by atoms with Crippen LogP contribution in [0.25, 0.3) is 0 Å². The van der Waals surface area contributed by atoms with Gasteiger partial charge in [0.25, 0.3) is 0 Å². The fourth-order valence-corrected chi connectivity index (χ4v) is 3.62. The first-order valence-corrected chi connectivity index (χ1v) is 9.06. The van der Waals surface area contributed by atoms with Crippen molar-refractivity contribution < 1.29 is 4.79 Å². The zero-order valence-corrected chi connectivity index (χ0v) is 15.3. The number of nitrogens with zero attached hydrogens (tertiary/aromatic N) is 1. The second kappa shape index (κ2) is 7.02. The molecule has 5 heteroatoms. The molecule has 3 nitrogen and oxygen atoms in total. The molecule has 0 saturated carbocycles. The molecule has 0 unspecified atom stereocenters. The van der Waals surface area contributed by atoms with Crippen LogP contribution in [0.4, 0.5) is 16.2 Å². The number of hydrogen-bond acceptors (Lipinski definition) is 1. The highest BCUT2D eigenvalue weighted by Crippen LogP contribution is 2.41. The maximum absolute atomic E-state index is 12.9. The van der Waals surface area contributed by atoms with Crippen molar-refractivity contribution in [3.8, 4) is 0 Å². The molecular weight excluding hydrogens is 367 g/mol. The third-order valence-electron chi connectivity index (χ3n) is 4.56. The molecule has 0 radical (unpaired) electrons. The van der Waals surface area contributed by atoms with E-state index in [1.165, 1.54) is 0 Å². The fourth-order valence-electron chi connectivity index (χ4n) is 3.32. The van der Waals surface area contributed by atoms with Crippen molar-refractivity contribution in [2.45, 2.75) is 5.92 Å². The first-order chi connectivity index (χ1) is 12.6. The van der Waals surface area contributed by atoms with Crippen molar-refractivity contribution in [2.75, 3.05) is 16.8 Å². The minimum atomic E-state index is -0.172. The highest BCUT2D eigenvalue weighted by Gasteiger charge is 2.33. The van der Waals surface area contributed by atoms with Crippen LogP contribution in [0.3, 0.4) is 0 Å². The van der Waals surface area contributed by atoms with Gasteiger partial charge in [0, 0.05) is 33.9 Å². The summed E-state index contributed by atoms with van der Waals surface area (Å²) in [7, 11) is 0.